The molecule has 0 bridgehead atoms. The molecule has 0 saturated heterocycles. The van der Waals surface area contributed by atoms with Gasteiger partial charge in [0.25, 0.3) is 11.6 Å². The molecule has 130 valence electrons. The van der Waals surface area contributed by atoms with Crippen molar-refractivity contribution in [1.29, 1.82) is 0 Å². The summed E-state index contributed by atoms with van der Waals surface area (Å²) in [6, 6.07) is 8.74. The number of halogens is 1. The van der Waals surface area contributed by atoms with Crippen LogP contribution in [0.4, 0.5) is 11.4 Å². The van der Waals surface area contributed by atoms with Crippen molar-refractivity contribution in [1.82, 2.24) is 5.43 Å². The number of nitrogens with zero attached hydrogens (tertiary/aromatic N) is 2. The van der Waals surface area contributed by atoms with Gasteiger partial charge in [0.15, 0.2) is 0 Å². The van der Waals surface area contributed by atoms with E-state index in [2.05, 4.69) is 15.8 Å². The molecule has 1 amide bonds. The zero-order valence-electron chi connectivity index (χ0n) is 13.2. The van der Waals surface area contributed by atoms with Gasteiger partial charge < -0.3 is 10.4 Å². The maximum atomic E-state index is 11.8. The number of hydrazone groups is 1. The normalized spacial score (nSPS) is 10.6. The van der Waals surface area contributed by atoms with E-state index in [0.717, 1.165) is 23.5 Å². The number of aryl methyl sites for hydroxylation is 1. The number of hydrogen-bond acceptors (Lipinski definition) is 6. The Hall–Kier alpha value is -3.13. The maximum Gasteiger partial charge on any atom is 0.270 e. The Kier molecular flexibility index (Phi) is 5.91. The summed E-state index contributed by atoms with van der Waals surface area (Å²) in [6.07, 6.45) is 1.13. The molecule has 2 rings (SSSR count). The van der Waals surface area contributed by atoms with Crippen LogP contribution in [0.1, 0.15) is 11.1 Å². The molecule has 2 aromatic rings. The number of rotatable bonds is 6. The molecule has 0 radical (unpaired) electrons. The van der Waals surface area contributed by atoms with Gasteiger partial charge in [-0.15, -0.1) is 0 Å². The molecule has 0 fully saturated rings. The quantitative estimate of drug-likeness (QED) is 0.415. The van der Waals surface area contributed by atoms with Gasteiger partial charge in [-0.25, -0.2) is 5.43 Å². The standard InChI is InChI=1S/C16H15ClN4O4/c1-10-6-12(17)2-4-14(10)18-9-16(23)20-19-8-11-7-13(21(24)25)3-5-15(11)22/h2-8,18,22H,9H2,1H3,(H,20,23)/b19-8+. The first-order valence-electron chi connectivity index (χ1n) is 7.16. The second-order valence-corrected chi connectivity index (χ2v) is 5.54. The largest absolute Gasteiger partial charge is 0.507 e. The van der Waals surface area contributed by atoms with Crippen LogP contribution in [0.15, 0.2) is 41.5 Å². The number of aromatic hydroxyl groups is 1. The molecule has 0 spiro atoms. The first kappa shape index (κ1) is 18.2. The molecular formula is C16H15ClN4O4. The van der Waals surface area contributed by atoms with E-state index in [1.165, 1.54) is 12.1 Å². The number of phenols is 1. The zero-order valence-corrected chi connectivity index (χ0v) is 13.9. The molecule has 25 heavy (non-hydrogen) atoms. The van der Waals surface area contributed by atoms with Gasteiger partial charge in [0.2, 0.25) is 0 Å². The predicted molar refractivity (Wildman–Crippen MR) is 95.2 cm³/mol. The van der Waals surface area contributed by atoms with E-state index >= 15 is 0 Å². The minimum Gasteiger partial charge on any atom is -0.507 e. The second kappa shape index (κ2) is 8.11. The molecule has 0 heterocycles. The fourth-order valence-electron chi connectivity index (χ4n) is 1.97. The number of carbonyl (C=O) groups is 1. The highest BCUT2D eigenvalue weighted by Gasteiger charge is 2.09. The van der Waals surface area contributed by atoms with E-state index in [9.17, 15) is 20.0 Å². The predicted octanol–water partition coefficient (Wildman–Crippen LogP) is 2.82. The molecule has 0 unspecified atom stereocenters. The Bertz CT molecular complexity index is 839. The second-order valence-electron chi connectivity index (χ2n) is 5.11. The zero-order chi connectivity index (χ0) is 18.4. The van der Waals surface area contributed by atoms with Crippen LogP contribution in [0, 0.1) is 17.0 Å². The third-order valence-corrected chi connectivity index (χ3v) is 3.48. The van der Waals surface area contributed by atoms with Crippen molar-refractivity contribution in [3.8, 4) is 5.75 Å². The Morgan fingerprint density at radius 3 is 2.80 bits per heavy atom. The smallest absolute Gasteiger partial charge is 0.270 e. The van der Waals surface area contributed by atoms with Crippen LogP contribution in [0.3, 0.4) is 0 Å². The monoisotopic (exact) mass is 362 g/mol. The van der Waals surface area contributed by atoms with Gasteiger partial charge in [-0.2, -0.15) is 5.10 Å². The number of amides is 1. The molecule has 0 atom stereocenters. The summed E-state index contributed by atoms with van der Waals surface area (Å²) in [7, 11) is 0. The number of nitro groups is 1. The van der Waals surface area contributed by atoms with Gasteiger partial charge in [0.05, 0.1) is 17.7 Å². The van der Waals surface area contributed by atoms with Crippen LogP contribution in [0.5, 0.6) is 5.75 Å². The molecular weight excluding hydrogens is 348 g/mol. The van der Waals surface area contributed by atoms with Crippen molar-refractivity contribution in [2.45, 2.75) is 6.92 Å². The van der Waals surface area contributed by atoms with E-state index in [1.54, 1.807) is 18.2 Å². The molecule has 8 nitrogen and oxygen atoms in total. The highest BCUT2D eigenvalue weighted by atomic mass is 35.5. The summed E-state index contributed by atoms with van der Waals surface area (Å²) in [4.78, 5) is 21.9. The summed E-state index contributed by atoms with van der Waals surface area (Å²) in [5, 5.41) is 27.6. The van der Waals surface area contributed by atoms with E-state index in [4.69, 9.17) is 11.6 Å². The molecule has 3 N–H and O–H groups in total. The van der Waals surface area contributed by atoms with Crippen molar-refractivity contribution in [3.05, 3.63) is 62.7 Å². The number of carbonyl (C=O) groups excluding carboxylic acids is 1. The van der Waals surface area contributed by atoms with Crippen molar-refractivity contribution in [2.24, 2.45) is 5.10 Å². The summed E-state index contributed by atoms with van der Waals surface area (Å²) in [5.74, 6) is -0.603. The van der Waals surface area contributed by atoms with E-state index in [1.807, 2.05) is 6.92 Å². The number of phenolic OH excluding ortho intramolecular Hbond substituents is 1. The summed E-state index contributed by atoms with van der Waals surface area (Å²) in [5.41, 5.74) is 3.86. The Balaban J connectivity index is 1.92. The average molecular weight is 363 g/mol. The lowest BCUT2D eigenvalue weighted by molar-refractivity contribution is -0.384. The van der Waals surface area contributed by atoms with Crippen molar-refractivity contribution in [2.75, 3.05) is 11.9 Å². The SMILES string of the molecule is Cc1cc(Cl)ccc1NCC(=O)N/N=C/c1cc([N+](=O)[O-])ccc1O. The van der Waals surface area contributed by atoms with Gasteiger partial charge >= 0.3 is 0 Å². The topological polar surface area (TPSA) is 117 Å². The molecule has 0 aliphatic carbocycles. The van der Waals surface area contributed by atoms with Gasteiger partial charge in [0, 0.05) is 28.4 Å². The Morgan fingerprint density at radius 2 is 2.12 bits per heavy atom. The lowest BCUT2D eigenvalue weighted by Gasteiger charge is -2.08. The lowest BCUT2D eigenvalue weighted by atomic mass is 10.2. The first-order valence-corrected chi connectivity index (χ1v) is 7.54. The van der Waals surface area contributed by atoms with Gasteiger partial charge in [-0.3, -0.25) is 14.9 Å². The lowest BCUT2D eigenvalue weighted by Crippen LogP contribution is -2.26. The molecule has 0 aliphatic heterocycles. The molecule has 0 saturated carbocycles. The minimum atomic E-state index is -0.590. The van der Waals surface area contributed by atoms with Crippen LogP contribution in [-0.2, 0) is 4.79 Å². The average Bonchev–Trinajstić information content (AvgIpc) is 2.55. The summed E-state index contributed by atoms with van der Waals surface area (Å²) >= 11 is 5.86. The maximum absolute atomic E-state index is 11.8. The van der Waals surface area contributed by atoms with Gasteiger partial charge in [0.1, 0.15) is 5.75 Å². The van der Waals surface area contributed by atoms with Crippen LogP contribution in [-0.4, -0.2) is 28.7 Å². The number of nitrogens with one attached hydrogen (secondary N) is 2. The number of benzene rings is 2. The van der Waals surface area contributed by atoms with Crippen LogP contribution < -0.4 is 10.7 Å². The fraction of sp³-hybridized carbons (Fsp3) is 0.125. The fourth-order valence-corrected chi connectivity index (χ4v) is 2.20. The highest BCUT2D eigenvalue weighted by molar-refractivity contribution is 6.30. The number of nitro benzene ring substituents is 1. The van der Waals surface area contributed by atoms with E-state index < -0.39 is 10.8 Å². The first-order chi connectivity index (χ1) is 11.9. The van der Waals surface area contributed by atoms with Gasteiger partial charge in [-0.1, -0.05) is 11.6 Å². The minimum absolute atomic E-state index is 0.0271. The number of anilines is 1. The van der Waals surface area contributed by atoms with Crippen LogP contribution >= 0.6 is 11.6 Å². The highest BCUT2D eigenvalue weighted by Crippen LogP contribution is 2.21. The third-order valence-electron chi connectivity index (χ3n) is 3.24. The Labute approximate surface area is 148 Å². The summed E-state index contributed by atoms with van der Waals surface area (Å²) < 4.78 is 0. The van der Waals surface area contributed by atoms with E-state index in [-0.39, 0.29) is 23.5 Å². The third kappa shape index (κ3) is 5.18. The van der Waals surface area contributed by atoms with Crippen molar-refractivity contribution in [3.63, 3.8) is 0 Å². The van der Waals surface area contributed by atoms with Crippen molar-refractivity contribution >= 4 is 35.1 Å². The van der Waals surface area contributed by atoms with E-state index in [0.29, 0.717) is 5.02 Å². The van der Waals surface area contributed by atoms with Gasteiger partial charge in [-0.05, 0) is 36.8 Å². The number of non-ortho nitro benzene ring substituents is 1. The Morgan fingerprint density at radius 1 is 1.36 bits per heavy atom. The summed E-state index contributed by atoms with van der Waals surface area (Å²) in [6.45, 7) is 1.83. The molecule has 2 aromatic carbocycles. The number of hydrogen-bond donors (Lipinski definition) is 3. The molecule has 0 aliphatic rings. The molecule has 0 aromatic heterocycles. The van der Waals surface area contributed by atoms with Crippen molar-refractivity contribution < 1.29 is 14.8 Å². The van der Waals surface area contributed by atoms with Crippen LogP contribution in [0.2, 0.25) is 5.02 Å². The molecule has 9 heteroatoms. The van der Waals surface area contributed by atoms with Crippen LogP contribution in [0.25, 0.3) is 0 Å².